The smallest absolute Gasteiger partial charge is 0.229 e. The summed E-state index contributed by atoms with van der Waals surface area (Å²) in [7, 11) is 0. The Labute approximate surface area is 111 Å². The number of aromatic nitrogens is 1. The summed E-state index contributed by atoms with van der Waals surface area (Å²) >= 11 is 1.47. The highest BCUT2D eigenvalue weighted by molar-refractivity contribution is 7.13. The summed E-state index contributed by atoms with van der Waals surface area (Å²) in [5, 5.41) is 10.8. The van der Waals surface area contributed by atoms with Gasteiger partial charge in [-0.05, 0) is 38.1 Å². The van der Waals surface area contributed by atoms with Crippen molar-refractivity contribution in [3.8, 4) is 0 Å². The first-order chi connectivity index (χ1) is 8.83. The Morgan fingerprint density at radius 2 is 2.06 bits per heavy atom. The zero-order chi connectivity index (χ0) is 12.8. The van der Waals surface area contributed by atoms with Crippen LogP contribution in [0.25, 0.3) is 0 Å². The van der Waals surface area contributed by atoms with Crippen LogP contribution in [-0.4, -0.2) is 18.1 Å². The van der Waals surface area contributed by atoms with Gasteiger partial charge in [-0.25, -0.2) is 4.98 Å². The fraction of sp³-hybridized carbons (Fsp3) is 0.231. The Morgan fingerprint density at radius 3 is 2.61 bits per heavy atom. The van der Waals surface area contributed by atoms with Gasteiger partial charge in [0.05, 0.1) is 5.69 Å². The zero-order valence-corrected chi connectivity index (χ0v) is 11.1. The number of anilines is 1. The van der Waals surface area contributed by atoms with E-state index in [4.69, 9.17) is 0 Å². The van der Waals surface area contributed by atoms with Crippen LogP contribution < -0.4 is 4.90 Å². The highest BCUT2D eigenvalue weighted by Gasteiger charge is 2.00. The van der Waals surface area contributed by atoms with E-state index in [9.17, 15) is 0 Å². The lowest BCUT2D eigenvalue weighted by Crippen LogP contribution is -2.21. The summed E-state index contributed by atoms with van der Waals surface area (Å²) in [5.74, 6) is 0. The molecule has 0 spiro atoms. The second-order valence-corrected chi connectivity index (χ2v) is 4.48. The molecule has 0 amide bonds. The largest absolute Gasteiger partial charge is 0.372 e. The second-order valence-electron chi connectivity index (χ2n) is 3.61. The highest BCUT2D eigenvalue weighted by Crippen LogP contribution is 2.22. The molecular formula is C13H15N4S. The van der Waals surface area contributed by atoms with Crippen molar-refractivity contribution in [3.63, 3.8) is 0 Å². The molecule has 2 aromatic rings. The van der Waals surface area contributed by atoms with Crippen LogP contribution in [0.5, 0.6) is 0 Å². The maximum atomic E-state index is 4.14. The molecule has 0 saturated heterocycles. The van der Waals surface area contributed by atoms with Crippen molar-refractivity contribution < 1.29 is 0 Å². The Balaban J connectivity index is 2.08. The van der Waals surface area contributed by atoms with Crippen molar-refractivity contribution in [1.82, 2.24) is 4.98 Å². The molecule has 1 aromatic heterocycles. The van der Waals surface area contributed by atoms with E-state index < -0.39 is 0 Å². The Bertz CT molecular complexity index is 486. The van der Waals surface area contributed by atoms with E-state index in [2.05, 4.69) is 34.0 Å². The molecule has 0 aliphatic heterocycles. The normalized spacial score (nSPS) is 11.0. The van der Waals surface area contributed by atoms with Gasteiger partial charge < -0.3 is 4.90 Å². The van der Waals surface area contributed by atoms with E-state index in [1.807, 2.05) is 29.6 Å². The maximum absolute atomic E-state index is 4.14. The minimum atomic E-state index is 0.673. The maximum Gasteiger partial charge on any atom is 0.229 e. The van der Waals surface area contributed by atoms with Gasteiger partial charge in [-0.2, -0.15) is 0 Å². The van der Waals surface area contributed by atoms with Gasteiger partial charge in [-0.3, -0.25) is 0 Å². The Hall–Kier alpha value is -1.75. The lowest BCUT2D eigenvalue weighted by Gasteiger charge is -2.20. The van der Waals surface area contributed by atoms with Crippen LogP contribution in [0.3, 0.4) is 0 Å². The fourth-order valence-corrected chi connectivity index (χ4v) is 2.02. The molecule has 0 bridgehead atoms. The first kappa shape index (κ1) is 12.7. The van der Waals surface area contributed by atoms with Gasteiger partial charge in [-0.1, -0.05) is 0 Å². The molecule has 2 rings (SSSR count). The number of thiazole rings is 1. The topological polar surface area (TPSA) is 40.9 Å². The van der Waals surface area contributed by atoms with Crippen LogP contribution in [0.4, 0.5) is 16.5 Å². The first-order valence-corrected chi connectivity index (χ1v) is 6.67. The number of rotatable bonds is 5. The van der Waals surface area contributed by atoms with E-state index in [0.29, 0.717) is 5.13 Å². The number of hydrogen-bond donors (Lipinski definition) is 0. The quantitative estimate of drug-likeness (QED) is 0.754. The summed E-state index contributed by atoms with van der Waals surface area (Å²) < 4.78 is 0. The number of nitrogens with zero attached hydrogens (tertiary/aromatic N) is 4. The summed E-state index contributed by atoms with van der Waals surface area (Å²) in [5.41, 5.74) is 1.98. The van der Waals surface area contributed by atoms with Crippen molar-refractivity contribution in [3.05, 3.63) is 42.8 Å². The van der Waals surface area contributed by atoms with E-state index in [0.717, 1.165) is 24.5 Å². The third kappa shape index (κ3) is 3.13. The van der Waals surface area contributed by atoms with Crippen LogP contribution in [0.2, 0.25) is 0 Å². The molecule has 0 fully saturated rings. The Morgan fingerprint density at radius 1 is 1.28 bits per heavy atom. The van der Waals surface area contributed by atoms with E-state index >= 15 is 0 Å². The predicted molar refractivity (Wildman–Crippen MR) is 76.0 cm³/mol. The van der Waals surface area contributed by atoms with Crippen LogP contribution >= 0.6 is 11.3 Å². The molecule has 18 heavy (non-hydrogen) atoms. The van der Waals surface area contributed by atoms with Gasteiger partial charge in [0.1, 0.15) is 0 Å². The monoisotopic (exact) mass is 259 g/mol. The summed E-state index contributed by atoms with van der Waals surface area (Å²) in [4.78, 5) is 6.23. The SMILES string of the molecule is [CH2]CN(CC)c1ccc(N=Nc2nccs2)cc1. The molecular weight excluding hydrogens is 244 g/mol. The molecule has 0 aliphatic carbocycles. The third-order valence-electron chi connectivity index (χ3n) is 2.54. The lowest BCUT2D eigenvalue weighted by atomic mass is 10.2. The van der Waals surface area contributed by atoms with E-state index in [1.54, 1.807) is 6.20 Å². The van der Waals surface area contributed by atoms with E-state index in [-0.39, 0.29) is 0 Å². The molecule has 0 N–H and O–H groups in total. The predicted octanol–water partition coefficient (Wildman–Crippen LogP) is 4.22. The summed E-state index contributed by atoms with van der Waals surface area (Å²) in [6, 6.07) is 7.96. The second kappa shape index (κ2) is 6.26. The summed E-state index contributed by atoms with van der Waals surface area (Å²) in [6.45, 7) is 7.72. The van der Waals surface area contributed by atoms with Gasteiger partial charge in [0.15, 0.2) is 0 Å². The standard InChI is InChI=1S/C13H15N4S/c1-3-17(4-2)12-7-5-11(6-8-12)15-16-13-14-9-10-18-13/h5-10H,1,3-4H2,2H3. The first-order valence-electron chi connectivity index (χ1n) is 5.79. The molecule has 0 aliphatic rings. The minimum Gasteiger partial charge on any atom is -0.372 e. The zero-order valence-electron chi connectivity index (χ0n) is 10.3. The van der Waals surface area contributed by atoms with Crippen LogP contribution in [0.1, 0.15) is 6.92 Å². The number of azo groups is 1. The van der Waals surface area contributed by atoms with Gasteiger partial charge in [0.25, 0.3) is 0 Å². The van der Waals surface area contributed by atoms with Gasteiger partial charge >= 0.3 is 0 Å². The molecule has 0 unspecified atom stereocenters. The number of hydrogen-bond acceptors (Lipinski definition) is 5. The third-order valence-corrected chi connectivity index (χ3v) is 3.19. The van der Waals surface area contributed by atoms with Crippen molar-refractivity contribution in [1.29, 1.82) is 0 Å². The van der Waals surface area contributed by atoms with Crippen LogP contribution in [0, 0.1) is 6.92 Å². The highest BCUT2D eigenvalue weighted by atomic mass is 32.1. The number of benzene rings is 1. The van der Waals surface area contributed by atoms with E-state index in [1.165, 1.54) is 11.3 Å². The minimum absolute atomic E-state index is 0.673. The fourth-order valence-electron chi connectivity index (χ4n) is 1.57. The van der Waals surface area contributed by atoms with Gasteiger partial charge in [0.2, 0.25) is 5.13 Å². The van der Waals surface area contributed by atoms with Gasteiger partial charge in [-0.15, -0.1) is 21.6 Å². The Kier molecular flexibility index (Phi) is 4.41. The van der Waals surface area contributed by atoms with Crippen LogP contribution in [-0.2, 0) is 0 Å². The molecule has 5 heteroatoms. The van der Waals surface area contributed by atoms with Crippen molar-refractivity contribution in [2.75, 3.05) is 18.0 Å². The molecule has 1 heterocycles. The average molecular weight is 259 g/mol. The molecule has 93 valence electrons. The molecule has 1 radical (unpaired) electrons. The van der Waals surface area contributed by atoms with Crippen molar-refractivity contribution in [2.45, 2.75) is 6.92 Å². The van der Waals surface area contributed by atoms with Gasteiger partial charge in [0, 0.05) is 30.4 Å². The van der Waals surface area contributed by atoms with Crippen molar-refractivity contribution in [2.24, 2.45) is 10.2 Å². The molecule has 1 aromatic carbocycles. The lowest BCUT2D eigenvalue weighted by molar-refractivity contribution is 0.904. The van der Waals surface area contributed by atoms with Crippen molar-refractivity contribution >= 4 is 27.8 Å². The van der Waals surface area contributed by atoms with Crippen LogP contribution in [0.15, 0.2) is 46.1 Å². The molecule has 0 atom stereocenters. The summed E-state index contributed by atoms with van der Waals surface area (Å²) in [6.07, 6.45) is 1.72. The molecule has 0 saturated carbocycles. The molecule has 4 nitrogen and oxygen atoms in total. The average Bonchev–Trinajstić information content (AvgIpc) is 2.92.